The number of benzene rings is 2. The zero-order valence-corrected chi connectivity index (χ0v) is 16.1. The molecule has 1 saturated carbocycles. The summed E-state index contributed by atoms with van der Waals surface area (Å²) >= 11 is 0. The first-order chi connectivity index (χ1) is 13.2. The Morgan fingerprint density at radius 3 is 2.04 bits per heavy atom. The zero-order chi connectivity index (χ0) is 19.1. The van der Waals surface area contributed by atoms with E-state index >= 15 is 0 Å². The summed E-state index contributed by atoms with van der Waals surface area (Å²) in [6, 6.07) is 15.5. The van der Waals surface area contributed by atoms with Gasteiger partial charge in [-0.05, 0) is 60.7 Å². The molecule has 0 aromatic heterocycles. The predicted octanol–water partition coefficient (Wildman–Crippen LogP) is 3.36. The average Bonchev–Trinajstić information content (AvgIpc) is 3.51. The molecule has 0 spiro atoms. The molecule has 2 aromatic carbocycles. The maximum atomic E-state index is 10.5. The predicted molar refractivity (Wildman–Crippen MR) is 105 cm³/mol. The molecule has 1 N–H and O–H groups in total. The fraction of sp³-hybridized carbons (Fsp3) is 0.455. The second-order valence-corrected chi connectivity index (χ2v) is 7.13. The van der Waals surface area contributed by atoms with Crippen LogP contribution in [0.2, 0.25) is 0 Å². The molecule has 1 atom stereocenters. The van der Waals surface area contributed by atoms with Crippen molar-refractivity contribution in [3.05, 3.63) is 54.1 Å². The standard InChI is InChI=1S/C22H29NO4/c1-25-20-7-5-18(6-8-20)14-23(13-17-3-4-17)15-19(24)16-27-22-11-9-21(26-2)10-12-22/h5-12,17,19,24H,3-4,13-16H2,1-2H3/t19-/m1/s1. The van der Waals surface area contributed by atoms with Crippen molar-refractivity contribution < 1.29 is 19.3 Å². The van der Waals surface area contributed by atoms with Crippen LogP contribution in [0.5, 0.6) is 17.2 Å². The number of hydrogen-bond donors (Lipinski definition) is 1. The molecule has 0 saturated heterocycles. The third-order valence-electron chi connectivity index (χ3n) is 4.75. The summed E-state index contributed by atoms with van der Waals surface area (Å²) in [5.41, 5.74) is 1.22. The first-order valence-electron chi connectivity index (χ1n) is 9.46. The lowest BCUT2D eigenvalue weighted by Gasteiger charge is -2.25. The van der Waals surface area contributed by atoms with Crippen LogP contribution >= 0.6 is 0 Å². The summed E-state index contributed by atoms with van der Waals surface area (Å²) in [5.74, 6) is 3.15. The smallest absolute Gasteiger partial charge is 0.119 e. The number of aliphatic hydroxyl groups excluding tert-OH is 1. The molecule has 0 unspecified atom stereocenters. The van der Waals surface area contributed by atoms with Crippen LogP contribution in [0.1, 0.15) is 18.4 Å². The number of rotatable bonds is 11. The van der Waals surface area contributed by atoms with Gasteiger partial charge < -0.3 is 19.3 Å². The van der Waals surface area contributed by atoms with E-state index in [9.17, 15) is 5.11 Å². The van der Waals surface area contributed by atoms with Gasteiger partial charge in [0.1, 0.15) is 30.0 Å². The van der Waals surface area contributed by atoms with Gasteiger partial charge in [-0.1, -0.05) is 12.1 Å². The molecule has 2 aromatic rings. The number of aliphatic hydroxyl groups is 1. The van der Waals surface area contributed by atoms with Crippen LogP contribution in [0, 0.1) is 5.92 Å². The molecule has 0 heterocycles. The maximum absolute atomic E-state index is 10.5. The summed E-state index contributed by atoms with van der Waals surface area (Å²) in [6.07, 6.45) is 2.04. The van der Waals surface area contributed by atoms with E-state index in [0.717, 1.165) is 36.3 Å². The molecule has 1 aliphatic carbocycles. The van der Waals surface area contributed by atoms with Crippen LogP contribution in [0.15, 0.2) is 48.5 Å². The number of hydrogen-bond acceptors (Lipinski definition) is 5. The Kier molecular flexibility index (Phi) is 6.96. The molecule has 0 aliphatic heterocycles. The molecule has 0 bridgehead atoms. The van der Waals surface area contributed by atoms with Gasteiger partial charge in [0.15, 0.2) is 0 Å². The van der Waals surface area contributed by atoms with Crippen molar-refractivity contribution in [3.63, 3.8) is 0 Å². The summed E-state index contributed by atoms with van der Waals surface area (Å²) in [5, 5.41) is 10.5. The van der Waals surface area contributed by atoms with Gasteiger partial charge in [-0.2, -0.15) is 0 Å². The van der Waals surface area contributed by atoms with E-state index in [1.165, 1.54) is 18.4 Å². The third-order valence-corrected chi connectivity index (χ3v) is 4.75. The van der Waals surface area contributed by atoms with Crippen LogP contribution < -0.4 is 14.2 Å². The second kappa shape index (κ2) is 9.62. The second-order valence-electron chi connectivity index (χ2n) is 7.13. The molecule has 3 rings (SSSR count). The lowest BCUT2D eigenvalue weighted by atomic mass is 10.2. The first kappa shape index (κ1) is 19.5. The van der Waals surface area contributed by atoms with E-state index in [-0.39, 0.29) is 6.61 Å². The van der Waals surface area contributed by atoms with Gasteiger partial charge in [0.05, 0.1) is 14.2 Å². The molecule has 1 aliphatic rings. The van der Waals surface area contributed by atoms with Crippen molar-refractivity contribution in [3.8, 4) is 17.2 Å². The Bertz CT molecular complexity index is 682. The minimum absolute atomic E-state index is 0.274. The van der Waals surface area contributed by atoms with Crippen molar-refractivity contribution in [2.24, 2.45) is 5.92 Å². The van der Waals surface area contributed by atoms with Crippen LogP contribution in [-0.4, -0.2) is 50.0 Å². The third kappa shape index (κ3) is 6.45. The van der Waals surface area contributed by atoms with Gasteiger partial charge in [-0.25, -0.2) is 0 Å². The lowest BCUT2D eigenvalue weighted by Crippen LogP contribution is -2.36. The highest BCUT2D eigenvalue weighted by atomic mass is 16.5. The van der Waals surface area contributed by atoms with E-state index in [4.69, 9.17) is 14.2 Å². The molecular weight excluding hydrogens is 342 g/mol. The SMILES string of the molecule is COc1ccc(CN(CC2CC2)C[C@@H](O)COc2ccc(OC)cc2)cc1. The number of ether oxygens (including phenoxy) is 3. The first-order valence-corrected chi connectivity index (χ1v) is 9.46. The van der Waals surface area contributed by atoms with Crippen molar-refractivity contribution in [2.75, 3.05) is 33.9 Å². The van der Waals surface area contributed by atoms with Gasteiger partial charge in [0.25, 0.3) is 0 Å². The fourth-order valence-electron chi connectivity index (χ4n) is 3.07. The highest BCUT2D eigenvalue weighted by molar-refractivity contribution is 5.31. The normalized spacial score (nSPS) is 14.8. The van der Waals surface area contributed by atoms with Gasteiger partial charge in [0, 0.05) is 19.6 Å². The molecule has 5 nitrogen and oxygen atoms in total. The molecule has 0 amide bonds. The molecule has 0 radical (unpaired) electrons. The minimum atomic E-state index is -0.538. The molecular formula is C22H29NO4. The molecule has 5 heteroatoms. The minimum Gasteiger partial charge on any atom is -0.497 e. The molecule has 1 fully saturated rings. The quantitative estimate of drug-likeness (QED) is 0.656. The Morgan fingerprint density at radius 2 is 1.48 bits per heavy atom. The Hall–Kier alpha value is -2.24. The largest absolute Gasteiger partial charge is 0.497 e. The summed E-state index contributed by atoms with van der Waals surface area (Å²) in [7, 11) is 3.31. The van der Waals surface area contributed by atoms with E-state index in [1.54, 1.807) is 14.2 Å². The fourth-order valence-corrected chi connectivity index (χ4v) is 3.07. The maximum Gasteiger partial charge on any atom is 0.119 e. The summed E-state index contributed by atoms with van der Waals surface area (Å²) in [6.45, 7) is 2.71. The van der Waals surface area contributed by atoms with E-state index in [0.29, 0.717) is 6.54 Å². The summed E-state index contributed by atoms with van der Waals surface area (Å²) in [4.78, 5) is 2.32. The van der Waals surface area contributed by atoms with Crippen LogP contribution in [0.3, 0.4) is 0 Å². The van der Waals surface area contributed by atoms with Crippen LogP contribution in [0.4, 0.5) is 0 Å². The lowest BCUT2D eigenvalue weighted by molar-refractivity contribution is 0.0639. The Balaban J connectivity index is 1.51. The van der Waals surface area contributed by atoms with Crippen LogP contribution in [0.25, 0.3) is 0 Å². The monoisotopic (exact) mass is 371 g/mol. The van der Waals surface area contributed by atoms with Gasteiger partial charge in [-0.15, -0.1) is 0 Å². The number of methoxy groups -OCH3 is 2. The Morgan fingerprint density at radius 1 is 0.926 bits per heavy atom. The molecule has 146 valence electrons. The van der Waals surface area contributed by atoms with E-state index in [2.05, 4.69) is 17.0 Å². The van der Waals surface area contributed by atoms with Crippen LogP contribution in [-0.2, 0) is 6.54 Å². The van der Waals surface area contributed by atoms with Gasteiger partial charge >= 0.3 is 0 Å². The zero-order valence-electron chi connectivity index (χ0n) is 16.1. The van der Waals surface area contributed by atoms with Crippen molar-refractivity contribution in [2.45, 2.75) is 25.5 Å². The number of nitrogens with zero attached hydrogens (tertiary/aromatic N) is 1. The topological polar surface area (TPSA) is 51.2 Å². The highest BCUT2D eigenvalue weighted by Gasteiger charge is 2.25. The summed E-state index contributed by atoms with van der Waals surface area (Å²) < 4.78 is 16.1. The van der Waals surface area contributed by atoms with Crippen molar-refractivity contribution in [1.29, 1.82) is 0 Å². The van der Waals surface area contributed by atoms with Crippen molar-refractivity contribution in [1.82, 2.24) is 4.90 Å². The average molecular weight is 371 g/mol. The Labute approximate surface area is 161 Å². The highest BCUT2D eigenvalue weighted by Crippen LogP contribution is 2.30. The van der Waals surface area contributed by atoms with Gasteiger partial charge in [0.2, 0.25) is 0 Å². The van der Waals surface area contributed by atoms with E-state index < -0.39 is 6.10 Å². The van der Waals surface area contributed by atoms with E-state index in [1.807, 2.05) is 36.4 Å². The molecule has 27 heavy (non-hydrogen) atoms. The van der Waals surface area contributed by atoms with Crippen molar-refractivity contribution >= 4 is 0 Å². The van der Waals surface area contributed by atoms with Gasteiger partial charge in [-0.3, -0.25) is 4.90 Å².